The second-order valence-corrected chi connectivity index (χ2v) is 7.30. The van der Waals surface area contributed by atoms with E-state index in [0.717, 1.165) is 41.2 Å². The molecule has 1 aliphatic carbocycles. The fourth-order valence-corrected chi connectivity index (χ4v) is 4.09. The monoisotopic (exact) mass is 355 g/mol. The van der Waals surface area contributed by atoms with Gasteiger partial charge in [0.1, 0.15) is 5.82 Å². The van der Waals surface area contributed by atoms with Crippen LogP contribution in [0.1, 0.15) is 17.0 Å². The topological polar surface area (TPSA) is 72.5 Å². The van der Waals surface area contributed by atoms with Gasteiger partial charge in [0.15, 0.2) is 0 Å². The molecule has 0 aliphatic heterocycles. The number of hydrogen-bond donors (Lipinski definition) is 2. The summed E-state index contributed by atoms with van der Waals surface area (Å²) < 4.78 is 1.88. The third kappa shape index (κ3) is 2.59. The maximum Gasteiger partial charge on any atom is 0.127 e. The molecule has 0 atom stereocenters. The third-order valence-electron chi connectivity index (χ3n) is 5.48. The highest BCUT2D eigenvalue weighted by Crippen LogP contribution is 2.36. The minimum absolute atomic E-state index is 0.483. The van der Waals surface area contributed by atoms with Crippen molar-refractivity contribution in [2.45, 2.75) is 18.4 Å². The van der Waals surface area contributed by atoms with Gasteiger partial charge in [0.05, 0.1) is 16.9 Å². The molecule has 0 amide bonds. The van der Waals surface area contributed by atoms with Crippen molar-refractivity contribution in [2.24, 2.45) is 12.8 Å². The number of rotatable bonds is 3. The largest absolute Gasteiger partial charge is 0.346 e. The number of H-pyrrole nitrogens is 1. The van der Waals surface area contributed by atoms with Gasteiger partial charge < -0.3 is 10.7 Å². The van der Waals surface area contributed by atoms with Gasteiger partial charge in [0.2, 0.25) is 0 Å². The summed E-state index contributed by atoms with van der Waals surface area (Å²) in [6, 6.07) is 18.7. The SMILES string of the molecule is Cn1nccc1-c1ccccc1-c1c[nH]c(C2(N)Cc3ccccc3C2)n1. The number of nitrogens with two attached hydrogens (primary N) is 1. The molecule has 0 radical (unpaired) electrons. The van der Waals surface area contributed by atoms with Gasteiger partial charge in [0.25, 0.3) is 0 Å². The molecule has 0 unspecified atom stereocenters. The number of nitrogens with one attached hydrogen (secondary N) is 1. The molecule has 3 N–H and O–H groups in total. The molecular weight excluding hydrogens is 334 g/mol. The Morgan fingerprint density at radius 3 is 2.30 bits per heavy atom. The molecule has 0 spiro atoms. The van der Waals surface area contributed by atoms with Crippen LogP contribution in [0.2, 0.25) is 0 Å². The van der Waals surface area contributed by atoms with Crippen molar-refractivity contribution in [1.29, 1.82) is 0 Å². The molecule has 0 saturated carbocycles. The minimum Gasteiger partial charge on any atom is -0.346 e. The zero-order chi connectivity index (χ0) is 18.4. The quantitative estimate of drug-likeness (QED) is 0.591. The predicted molar refractivity (Wildman–Crippen MR) is 106 cm³/mol. The third-order valence-corrected chi connectivity index (χ3v) is 5.48. The van der Waals surface area contributed by atoms with E-state index in [1.165, 1.54) is 11.1 Å². The van der Waals surface area contributed by atoms with Crippen LogP contribution in [0.4, 0.5) is 0 Å². The molecule has 2 heterocycles. The zero-order valence-corrected chi connectivity index (χ0v) is 15.2. The van der Waals surface area contributed by atoms with Crippen LogP contribution in [0.3, 0.4) is 0 Å². The van der Waals surface area contributed by atoms with E-state index in [1.54, 1.807) is 0 Å². The summed E-state index contributed by atoms with van der Waals surface area (Å²) in [5, 5.41) is 4.30. The summed E-state index contributed by atoms with van der Waals surface area (Å²) >= 11 is 0. The van der Waals surface area contributed by atoms with E-state index < -0.39 is 5.54 Å². The molecular formula is C22H21N5. The Bertz CT molecular complexity index is 1100. The van der Waals surface area contributed by atoms with Crippen molar-refractivity contribution in [3.8, 4) is 22.5 Å². The predicted octanol–water partition coefficient (Wildman–Crippen LogP) is 3.43. The Hall–Kier alpha value is -3.18. The van der Waals surface area contributed by atoms with Crippen LogP contribution in [-0.2, 0) is 25.4 Å². The molecule has 0 saturated heterocycles. The molecule has 0 bridgehead atoms. The molecule has 5 nitrogen and oxygen atoms in total. The van der Waals surface area contributed by atoms with Crippen molar-refractivity contribution in [1.82, 2.24) is 19.7 Å². The van der Waals surface area contributed by atoms with Crippen LogP contribution in [0, 0.1) is 0 Å². The minimum atomic E-state index is -0.483. The summed E-state index contributed by atoms with van der Waals surface area (Å²) in [6.07, 6.45) is 5.38. The Morgan fingerprint density at radius 2 is 1.63 bits per heavy atom. The van der Waals surface area contributed by atoms with Gasteiger partial charge in [-0.3, -0.25) is 4.68 Å². The number of benzene rings is 2. The standard InChI is InChI=1S/C22H21N5/c1-27-20(10-11-25-27)18-9-5-4-8-17(18)19-14-24-21(26-19)22(23)12-15-6-2-3-7-16(15)13-22/h2-11,14H,12-13,23H2,1H3,(H,24,26). The molecule has 1 aliphatic rings. The van der Waals surface area contributed by atoms with E-state index in [0.29, 0.717) is 0 Å². The second-order valence-electron chi connectivity index (χ2n) is 7.30. The molecule has 5 rings (SSSR count). The highest BCUT2D eigenvalue weighted by Gasteiger charge is 2.37. The summed E-state index contributed by atoms with van der Waals surface area (Å²) in [5.74, 6) is 0.841. The van der Waals surface area contributed by atoms with Gasteiger partial charge in [-0.15, -0.1) is 0 Å². The van der Waals surface area contributed by atoms with E-state index in [4.69, 9.17) is 10.7 Å². The first-order valence-electron chi connectivity index (χ1n) is 9.13. The van der Waals surface area contributed by atoms with Crippen molar-refractivity contribution in [3.63, 3.8) is 0 Å². The Kier molecular flexibility index (Phi) is 3.52. The van der Waals surface area contributed by atoms with Crippen molar-refractivity contribution in [2.75, 3.05) is 0 Å². The smallest absolute Gasteiger partial charge is 0.127 e. The maximum absolute atomic E-state index is 6.77. The first-order valence-corrected chi connectivity index (χ1v) is 9.13. The highest BCUT2D eigenvalue weighted by atomic mass is 15.3. The van der Waals surface area contributed by atoms with Gasteiger partial charge in [-0.05, 0) is 30.0 Å². The van der Waals surface area contributed by atoms with Gasteiger partial charge >= 0.3 is 0 Å². The van der Waals surface area contributed by atoms with Gasteiger partial charge in [-0.2, -0.15) is 5.10 Å². The summed E-state index contributed by atoms with van der Waals surface area (Å²) in [6.45, 7) is 0. The zero-order valence-electron chi connectivity index (χ0n) is 15.2. The molecule has 27 heavy (non-hydrogen) atoms. The number of nitrogens with zero attached hydrogens (tertiary/aromatic N) is 3. The van der Waals surface area contributed by atoms with E-state index in [1.807, 2.05) is 42.3 Å². The number of aromatic amines is 1. The fraction of sp³-hybridized carbons (Fsp3) is 0.182. The Morgan fingerprint density at radius 1 is 0.963 bits per heavy atom. The Labute approximate surface area is 157 Å². The molecule has 2 aromatic heterocycles. The summed E-state index contributed by atoms with van der Waals surface area (Å²) in [4.78, 5) is 8.26. The lowest BCUT2D eigenvalue weighted by atomic mass is 9.96. The van der Waals surface area contributed by atoms with E-state index in [-0.39, 0.29) is 0 Å². The van der Waals surface area contributed by atoms with E-state index in [2.05, 4.69) is 46.5 Å². The number of aryl methyl sites for hydroxylation is 1. The van der Waals surface area contributed by atoms with Crippen molar-refractivity contribution in [3.05, 3.63) is 83.9 Å². The van der Waals surface area contributed by atoms with Gasteiger partial charge in [-0.25, -0.2) is 4.98 Å². The van der Waals surface area contributed by atoms with Crippen LogP contribution < -0.4 is 5.73 Å². The maximum atomic E-state index is 6.77. The second kappa shape index (κ2) is 5.93. The fourth-order valence-electron chi connectivity index (χ4n) is 4.09. The molecule has 5 heteroatoms. The van der Waals surface area contributed by atoms with Crippen molar-refractivity contribution >= 4 is 0 Å². The first-order chi connectivity index (χ1) is 13.1. The molecule has 0 fully saturated rings. The first kappa shape index (κ1) is 16.0. The Balaban J connectivity index is 1.54. The molecule has 2 aromatic carbocycles. The summed E-state index contributed by atoms with van der Waals surface area (Å²) in [5.41, 5.74) is 13.1. The number of fused-ring (bicyclic) bond motifs is 1. The van der Waals surface area contributed by atoms with Crippen LogP contribution in [-0.4, -0.2) is 19.7 Å². The molecule has 4 aromatic rings. The van der Waals surface area contributed by atoms with Crippen LogP contribution in [0.5, 0.6) is 0 Å². The number of hydrogen-bond acceptors (Lipinski definition) is 3. The highest BCUT2D eigenvalue weighted by molar-refractivity contribution is 5.80. The van der Waals surface area contributed by atoms with E-state index >= 15 is 0 Å². The van der Waals surface area contributed by atoms with Crippen LogP contribution in [0.15, 0.2) is 67.0 Å². The number of aromatic nitrogens is 4. The van der Waals surface area contributed by atoms with E-state index in [9.17, 15) is 0 Å². The summed E-state index contributed by atoms with van der Waals surface area (Å²) in [7, 11) is 1.95. The van der Waals surface area contributed by atoms with Gasteiger partial charge in [0, 0.05) is 30.6 Å². The van der Waals surface area contributed by atoms with Gasteiger partial charge in [-0.1, -0.05) is 48.5 Å². The molecule has 134 valence electrons. The normalized spacial score (nSPS) is 15.0. The van der Waals surface area contributed by atoms with Crippen LogP contribution in [0.25, 0.3) is 22.5 Å². The average molecular weight is 355 g/mol. The lowest BCUT2D eigenvalue weighted by Crippen LogP contribution is -2.38. The lowest BCUT2D eigenvalue weighted by molar-refractivity contribution is 0.446. The van der Waals surface area contributed by atoms with Crippen molar-refractivity contribution < 1.29 is 0 Å². The number of imidazole rings is 1. The average Bonchev–Trinajstić information content (AvgIpc) is 3.39. The lowest BCUT2D eigenvalue weighted by Gasteiger charge is -2.20. The van der Waals surface area contributed by atoms with Crippen LogP contribution >= 0.6 is 0 Å².